The molecule has 3 aromatic rings. The summed E-state index contributed by atoms with van der Waals surface area (Å²) in [7, 11) is -3.18. The third-order valence-electron chi connectivity index (χ3n) is 7.28. The Morgan fingerprint density at radius 1 is 1.10 bits per heavy atom. The van der Waals surface area contributed by atoms with Gasteiger partial charge in [-0.15, -0.1) is 13.2 Å². The van der Waals surface area contributed by atoms with Gasteiger partial charge in [-0.3, -0.25) is 13.9 Å². The number of fused-ring (bicyclic) bond motifs is 1. The zero-order valence-corrected chi connectivity index (χ0v) is 23.0. The van der Waals surface area contributed by atoms with Gasteiger partial charge in [0.1, 0.15) is 21.4 Å². The molecule has 0 aliphatic carbocycles. The maximum atomic E-state index is 14.9. The van der Waals surface area contributed by atoms with E-state index in [4.69, 9.17) is 0 Å². The second-order valence-corrected chi connectivity index (χ2v) is 13.2. The molecule has 4 rings (SSSR count). The molecule has 2 heterocycles. The number of alkyl halides is 3. The summed E-state index contributed by atoms with van der Waals surface area (Å²) >= 11 is 0. The fourth-order valence-corrected chi connectivity index (χ4v) is 6.33. The maximum Gasteiger partial charge on any atom is 0.573 e. The van der Waals surface area contributed by atoms with Crippen LogP contribution in [0.3, 0.4) is 0 Å². The molecule has 1 saturated heterocycles. The third kappa shape index (κ3) is 6.02. The Bertz CT molecular complexity index is 1620. The van der Waals surface area contributed by atoms with Crippen molar-refractivity contribution in [1.82, 2.24) is 14.5 Å². The van der Waals surface area contributed by atoms with E-state index in [0.29, 0.717) is 0 Å². The van der Waals surface area contributed by atoms with E-state index in [1.54, 1.807) is 6.92 Å². The van der Waals surface area contributed by atoms with Crippen molar-refractivity contribution in [2.24, 2.45) is 0 Å². The largest absolute Gasteiger partial charge is 0.573 e. The number of benzene rings is 2. The summed E-state index contributed by atoms with van der Waals surface area (Å²) in [6, 6.07) is 5.41. The van der Waals surface area contributed by atoms with Crippen LogP contribution in [0.5, 0.6) is 5.75 Å². The summed E-state index contributed by atoms with van der Waals surface area (Å²) in [5.41, 5.74) is -3.36. The van der Waals surface area contributed by atoms with E-state index in [0.717, 1.165) is 27.3 Å². The number of aliphatic hydroxyl groups is 1. The number of nitrogens with one attached hydrogen (secondary N) is 1. The van der Waals surface area contributed by atoms with Crippen molar-refractivity contribution >= 4 is 26.8 Å². The molecule has 1 aromatic heterocycles. The van der Waals surface area contributed by atoms with Crippen molar-refractivity contribution in [3.05, 3.63) is 58.3 Å². The van der Waals surface area contributed by atoms with E-state index in [1.165, 1.54) is 39.0 Å². The average Bonchev–Trinajstić information content (AvgIpc) is 3.11. The number of hydrogen-bond donors (Lipinski definition) is 2. The molecule has 40 heavy (non-hydrogen) atoms. The average molecular weight is 588 g/mol. The molecule has 1 unspecified atom stereocenters. The number of imidazole rings is 1. The van der Waals surface area contributed by atoms with Crippen LogP contribution in [0, 0.1) is 5.82 Å². The number of halogens is 4. The lowest BCUT2D eigenvalue weighted by Crippen LogP contribution is -2.50. The molecule has 0 saturated carbocycles. The molecule has 0 spiro atoms. The van der Waals surface area contributed by atoms with Crippen LogP contribution in [-0.2, 0) is 9.84 Å². The minimum atomic E-state index is -5.05. The van der Waals surface area contributed by atoms with E-state index in [1.807, 2.05) is 0 Å². The lowest BCUT2D eigenvalue weighted by molar-refractivity contribution is -0.274. The van der Waals surface area contributed by atoms with Gasteiger partial charge in [-0.05, 0) is 70.9 Å². The fraction of sp³-hybridized carbons (Fsp3) is 0.462. The predicted octanol–water partition coefficient (Wildman–Crippen LogP) is 3.86. The molecular formula is C26H29F4N3O6S. The number of sulfone groups is 1. The number of amides is 1. The van der Waals surface area contributed by atoms with Gasteiger partial charge in [-0.25, -0.2) is 17.6 Å². The van der Waals surface area contributed by atoms with Gasteiger partial charge in [0.15, 0.2) is 0 Å². The first kappa shape index (κ1) is 29.6. The minimum absolute atomic E-state index is 0.0654. The van der Waals surface area contributed by atoms with E-state index >= 15 is 0 Å². The van der Waals surface area contributed by atoms with Gasteiger partial charge >= 0.3 is 12.1 Å². The van der Waals surface area contributed by atoms with Crippen LogP contribution >= 0.6 is 0 Å². The highest BCUT2D eigenvalue weighted by atomic mass is 32.2. The zero-order chi connectivity index (χ0) is 29.8. The summed E-state index contributed by atoms with van der Waals surface area (Å²) in [6.45, 7) is 6.15. The first-order chi connectivity index (χ1) is 18.3. The van der Waals surface area contributed by atoms with Crippen molar-refractivity contribution in [3.8, 4) is 11.4 Å². The van der Waals surface area contributed by atoms with Gasteiger partial charge < -0.3 is 15.2 Å². The standard InChI is InChI=1S/C26H29F4N3O6S/c1-15(24(2,3)36)32-21-13-16(22(34)31-25(4)9-11-40(37,38)12-10-25)5-8-19(21)33(23(32)35)20-14-17(6-7-18(20)27)39-26(28,29)30/h5-8,13-15,36H,9-12H2,1-4H3,(H,31,34). The predicted molar refractivity (Wildman–Crippen MR) is 139 cm³/mol. The Morgan fingerprint density at radius 3 is 2.30 bits per heavy atom. The molecule has 14 heteroatoms. The molecule has 9 nitrogen and oxygen atoms in total. The van der Waals surface area contributed by atoms with Crippen LogP contribution in [0.4, 0.5) is 17.6 Å². The second kappa shape index (κ2) is 9.91. The Morgan fingerprint density at radius 2 is 1.73 bits per heavy atom. The van der Waals surface area contributed by atoms with Crippen molar-refractivity contribution in [2.75, 3.05) is 11.5 Å². The number of ether oxygens (including phenoxy) is 1. The van der Waals surface area contributed by atoms with E-state index in [-0.39, 0.29) is 40.9 Å². The number of carbonyl (C=O) groups is 1. The quantitative estimate of drug-likeness (QED) is 0.423. The fourth-order valence-electron chi connectivity index (χ4n) is 4.60. The van der Waals surface area contributed by atoms with Crippen molar-refractivity contribution in [2.45, 2.75) is 64.1 Å². The van der Waals surface area contributed by atoms with Crippen LogP contribution in [0.25, 0.3) is 16.7 Å². The van der Waals surface area contributed by atoms with E-state index in [2.05, 4.69) is 10.1 Å². The van der Waals surface area contributed by atoms with Crippen LogP contribution in [-0.4, -0.2) is 57.6 Å². The lowest BCUT2D eigenvalue weighted by atomic mass is 9.94. The molecule has 0 radical (unpaired) electrons. The van der Waals surface area contributed by atoms with Gasteiger partial charge in [0.25, 0.3) is 5.91 Å². The summed E-state index contributed by atoms with van der Waals surface area (Å²) in [6.07, 6.45) is -4.61. The first-order valence-corrected chi connectivity index (χ1v) is 14.2. The maximum absolute atomic E-state index is 14.9. The number of nitrogens with zero attached hydrogens (tertiary/aromatic N) is 2. The number of aromatic nitrogens is 2. The molecule has 0 bridgehead atoms. The molecule has 1 amide bonds. The summed E-state index contributed by atoms with van der Waals surface area (Å²) in [5.74, 6) is -2.44. The lowest BCUT2D eigenvalue weighted by Gasteiger charge is -2.34. The van der Waals surface area contributed by atoms with Crippen LogP contribution in [0.1, 0.15) is 56.9 Å². The molecular weight excluding hydrogens is 558 g/mol. The summed E-state index contributed by atoms with van der Waals surface area (Å²) in [4.78, 5) is 26.9. The van der Waals surface area contributed by atoms with Gasteiger partial charge in [-0.1, -0.05) is 0 Å². The molecule has 218 valence electrons. The van der Waals surface area contributed by atoms with Gasteiger partial charge in [0.05, 0.1) is 39.9 Å². The molecule has 2 N–H and O–H groups in total. The Labute approximate surface area is 227 Å². The molecule has 1 atom stereocenters. The zero-order valence-electron chi connectivity index (χ0n) is 22.2. The van der Waals surface area contributed by atoms with Crippen molar-refractivity contribution in [3.63, 3.8) is 0 Å². The highest BCUT2D eigenvalue weighted by Crippen LogP contribution is 2.31. The minimum Gasteiger partial charge on any atom is -0.406 e. The summed E-state index contributed by atoms with van der Waals surface area (Å²) in [5, 5.41) is 13.5. The number of rotatable bonds is 6. The van der Waals surface area contributed by atoms with Gasteiger partial charge in [-0.2, -0.15) is 0 Å². The van der Waals surface area contributed by atoms with Gasteiger partial charge in [0, 0.05) is 17.2 Å². The molecule has 1 aliphatic rings. The second-order valence-electron chi connectivity index (χ2n) is 10.8. The monoisotopic (exact) mass is 587 g/mol. The Hall–Kier alpha value is -3.39. The smallest absolute Gasteiger partial charge is 0.406 e. The van der Waals surface area contributed by atoms with Crippen molar-refractivity contribution < 1.29 is 40.6 Å². The first-order valence-electron chi connectivity index (χ1n) is 12.4. The van der Waals surface area contributed by atoms with Crippen molar-refractivity contribution in [1.29, 1.82) is 0 Å². The van der Waals surface area contributed by atoms with Crippen LogP contribution < -0.4 is 15.7 Å². The Balaban J connectivity index is 1.85. The number of carbonyl (C=O) groups excluding carboxylic acids is 1. The number of hydrogen-bond acceptors (Lipinski definition) is 6. The SMILES string of the molecule is CC(n1c(=O)n(-c2cc(OC(F)(F)F)ccc2F)c2ccc(C(=O)NC3(C)CCS(=O)(=O)CC3)cc21)C(C)(C)O. The van der Waals surface area contributed by atoms with Crippen LogP contribution in [0.2, 0.25) is 0 Å². The highest BCUT2D eigenvalue weighted by Gasteiger charge is 2.36. The topological polar surface area (TPSA) is 120 Å². The van der Waals surface area contributed by atoms with Gasteiger partial charge in [0.2, 0.25) is 0 Å². The summed E-state index contributed by atoms with van der Waals surface area (Å²) < 4.78 is 83.0. The van der Waals surface area contributed by atoms with E-state index < -0.39 is 62.2 Å². The van der Waals surface area contributed by atoms with E-state index in [9.17, 15) is 40.7 Å². The Kier molecular flexibility index (Phi) is 7.33. The molecule has 2 aromatic carbocycles. The normalized spacial score (nSPS) is 17.9. The highest BCUT2D eigenvalue weighted by molar-refractivity contribution is 7.91. The van der Waals surface area contributed by atoms with Crippen LogP contribution in [0.15, 0.2) is 41.2 Å². The molecule has 1 fully saturated rings. The molecule has 1 aliphatic heterocycles. The third-order valence-corrected chi connectivity index (χ3v) is 8.93.